The van der Waals surface area contributed by atoms with Crippen LogP contribution >= 0.6 is 0 Å². The van der Waals surface area contributed by atoms with Crippen molar-refractivity contribution in [2.75, 3.05) is 24.0 Å². The molecule has 1 unspecified atom stereocenters. The number of rotatable bonds is 7. The van der Waals surface area contributed by atoms with Crippen molar-refractivity contribution in [1.29, 1.82) is 0 Å². The number of amides is 1. The number of aryl methyl sites for hydroxylation is 2. The van der Waals surface area contributed by atoms with E-state index >= 15 is 0 Å². The molecule has 0 saturated carbocycles. The number of anilines is 1. The Kier molecular flexibility index (Phi) is 6.76. The second-order valence-corrected chi connectivity index (χ2v) is 10.9. The van der Waals surface area contributed by atoms with E-state index in [0.717, 1.165) is 21.9 Å². The predicted molar refractivity (Wildman–Crippen MR) is 144 cm³/mol. The Morgan fingerprint density at radius 2 is 1.68 bits per heavy atom. The number of carbonyl (C=O) groups is 1. The first kappa shape index (κ1) is 24.6. The minimum atomic E-state index is -3.91. The van der Waals surface area contributed by atoms with Crippen LogP contribution in [0.3, 0.4) is 0 Å². The topological polar surface area (TPSA) is 84.9 Å². The molecule has 7 nitrogen and oxygen atoms in total. The number of hydrogen-bond acceptors (Lipinski definition) is 5. The van der Waals surface area contributed by atoms with Crippen LogP contribution in [0, 0.1) is 13.8 Å². The summed E-state index contributed by atoms with van der Waals surface area (Å²) in [5.41, 5.74) is 2.27. The molecule has 0 bridgehead atoms. The molecule has 190 valence electrons. The number of carbonyl (C=O) groups excluding carboxylic acids is 1. The number of ether oxygens (including phenoxy) is 2. The first-order chi connectivity index (χ1) is 17.8. The van der Waals surface area contributed by atoms with Gasteiger partial charge in [0.15, 0.2) is 6.10 Å². The summed E-state index contributed by atoms with van der Waals surface area (Å²) in [5.74, 6) is 0.652. The van der Waals surface area contributed by atoms with Crippen molar-refractivity contribution in [2.45, 2.75) is 24.8 Å². The highest BCUT2D eigenvalue weighted by Crippen LogP contribution is 2.37. The highest BCUT2D eigenvalue weighted by Gasteiger charge is 2.37. The van der Waals surface area contributed by atoms with Crippen LogP contribution in [0.1, 0.15) is 11.1 Å². The van der Waals surface area contributed by atoms with Crippen LogP contribution in [0.25, 0.3) is 10.8 Å². The molecule has 0 aromatic heterocycles. The average Bonchev–Trinajstić information content (AvgIpc) is 2.90. The van der Waals surface area contributed by atoms with E-state index in [1.165, 1.54) is 4.31 Å². The summed E-state index contributed by atoms with van der Waals surface area (Å²) in [5, 5.41) is 5.01. The van der Waals surface area contributed by atoms with Gasteiger partial charge in [0.25, 0.3) is 15.9 Å². The van der Waals surface area contributed by atoms with Gasteiger partial charge in [0.05, 0.1) is 23.7 Å². The smallest absolute Gasteiger partial charge is 0.264 e. The third-order valence-corrected chi connectivity index (χ3v) is 8.07. The highest BCUT2D eigenvalue weighted by atomic mass is 32.2. The van der Waals surface area contributed by atoms with Gasteiger partial charge in [-0.25, -0.2) is 8.42 Å². The van der Waals surface area contributed by atoms with Crippen LogP contribution in [0.4, 0.5) is 5.69 Å². The fraction of sp³-hybridized carbons (Fsp3) is 0.207. The summed E-state index contributed by atoms with van der Waals surface area (Å²) in [6, 6.07) is 25.8. The Hall–Kier alpha value is -4.04. The van der Waals surface area contributed by atoms with Gasteiger partial charge >= 0.3 is 0 Å². The maximum atomic E-state index is 13.6. The third kappa shape index (κ3) is 5.24. The number of nitrogens with zero attached hydrogens (tertiary/aromatic N) is 1. The molecule has 1 heterocycles. The van der Waals surface area contributed by atoms with Gasteiger partial charge in [-0.1, -0.05) is 54.1 Å². The van der Waals surface area contributed by atoms with E-state index in [1.807, 2.05) is 62.4 Å². The molecule has 4 aromatic rings. The van der Waals surface area contributed by atoms with Crippen molar-refractivity contribution in [3.63, 3.8) is 0 Å². The van der Waals surface area contributed by atoms with E-state index in [9.17, 15) is 13.2 Å². The Morgan fingerprint density at radius 1 is 0.946 bits per heavy atom. The number of nitrogens with one attached hydrogen (secondary N) is 1. The van der Waals surface area contributed by atoms with Gasteiger partial charge < -0.3 is 14.8 Å². The minimum absolute atomic E-state index is 0.135. The van der Waals surface area contributed by atoms with E-state index in [0.29, 0.717) is 17.2 Å². The SMILES string of the molecule is Cc1ccc(S(=O)(=O)N2CC(C(=O)NCCOc3ccc4ccccc4c3)Oc3ccc(C)cc32)cc1. The number of fused-ring (bicyclic) bond motifs is 2. The average molecular weight is 517 g/mol. The van der Waals surface area contributed by atoms with Gasteiger partial charge in [-0.2, -0.15) is 0 Å². The quantitative estimate of drug-likeness (QED) is 0.363. The standard InChI is InChI=1S/C29H28N2O5S/c1-20-7-12-25(13-8-20)37(33,34)31-19-28(36-27-14-9-21(2)17-26(27)31)29(32)30-15-16-35-24-11-10-22-5-3-4-6-23(22)18-24/h3-14,17-18,28H,15-16,19H2,1-2H3,(H,30,32). The second kappa shape index (κ2) is 10.1. The monoisotopic (exact) mass is 516 g/mol. The van der Waals surface area contributed by atoms with Gasteiger partial charge in [0, 0.05) is 0 Å². The largest absolute Gasteiger partial charge is 0.492 e. The molecule has 5 rings (SSSR count). The molecule has 1 N–H and O–H groups in total. The summed E-state index contributed by atoms with van der Waals surface area (Å²) in [4.78, 5) is 13.2. The Bertz CT molecular complexity index is 1550. The molecule has 1 aliphatic rings. The molecular formula is C29H28N2O5S. The molecule has 4 aromatic carbocycles. The predicted octanol–water partition coefficient (Wildman–Crippen LogP) is 4.61. The van der Waals surface area contributed by atoms with E-state index in [2.05, 4.69) is 5.32 Å². The first-order valence-electron chi connectivity index (χ1n) is 12.1. The molecule has 0 saturated heterocycles. The zero-order valence-corrected chi connectivity index (χ0v) is 21.5. The van der Waals surface area contributed by atoms with Crippen molar-refractivity contribution < 1.29 is 22.7 Å². The summed E-state index contributed by atoms with van der Waals surface area (Å²) < 4.78 is 40.1. The Morgan fingerprint density at radius 3 is 2.46 bits per heavy atom. The Balaban J connectivity index is 1.28. The van der Waals surface area contributed by atoms with Gasteiger partial charge in [0.1, 0.15) is 18.1 Å². The highest BCUT2D eigenvalue weighted by molar-refractivity contribution is 7.92. The number of benzene rings is 4. The van der Waals surface area contributed by atoms with E-state index in [4.69, 9.17) is 9.47 Å². The lowest BCUT2D eigenvalue weighted by molar-refractivity contribution is -0.127. The number of hydrogen-bond donors (Lipinski definition) is 1. The molecule has 1 aliphatic heterocycles. The van der Waals surface area contributed by atoms with Crippen LogP contribution in [0.2, 0.25) is 0 Å². The summed E-state index contributed by atoms with van der Waals surface area (Å²) >= 11 is 0. The molecule has 0 spiro atoms. The fourth-order valence-electron chi connectivity index (χ4n) is 4.28. The summed E-state index contributed by atoms with van der Waals surface area (Å²) in [7, 11) is -3.91. The lowest BCUT2D eigenvalue weighted by Crippen LogP contribution is -2.51. The normalized spacial score (nSPS) is 15.1. The minimum Gasteiger partial charge on any atom is -0.492 e. The zero-order chi connectivity index (χ0) is 26.0. The fourth-order valence-corrected chi connectivity index (χ4v) is 5.74. The van der Waals surface area contributed by atoms with Crippen molar-refractivity contribution in [2.24, 2.45) is 0 Å². The second-order valence-electron chi connectivity index (χ2n) is 9.08. The lowest BCUT2D eigenvalue weighted by atomic mass is 10.1. The molecule has 8 heteroatoms. The molecule has 0 radical (unpaired) electrons. The lowest BCUT2D eigenvalue weighted by Gasteiger charge is -2.35. The zero-order valence-electron chi connectivity index (χ0n) is 20.7. The van der Waals surface area contributed by atoms with E-state index in [1.54, 1.807) is 36.4 Å². The van der Waals surface area contributed by atoms with E-state index in [-0.39, 0.29) is 24.6 Å². The van der Waals surface area contributed by atoms with Gasteiger partial charge in [-0.15, -0.1) is 0 Å². The van der Waals surface area contributed by atoms with Crippen LogP contribution < -0.4 is 19.1 Å². The van der Waals surface area contributed by atoms with Crippen molar-refractivity contribution in [1.82, 2.24) is 5.32 Å². The van der Waals surface area contributed by atoms with Crippen LogP contribution in [-0.2, 0) is 14.8 Å². The molecule has 1 atom stereocenters. The van der Waals surface area contributed by atoms with Crippen molar-refractivity contribution in [3.8, 4) is 11.5 Å². The van der Waals surface area contributed by atoms with E-state index < -0.39 is 22.0 Å². The van der Waals surface area contributed by atoms with Crippen molar-refractivity contribution in [3.05, 3.63) is 96.1 Å². The molecule has 1 amide bonds. The van der Waals surface area contributed by atoms with Crippen LogP contribution in [0.5, 0.6) is 11.5 Å². The van der Waals surface area contributed by atoms with Gasteiger partial charge in [0.2, 0.25) is 0 Å². The van der Waals surface area contributed by atoms with Crippen molar-refractivity contribution >= 4 is 32.4 Å². The first-order valence-corrected chi connectivity index (χ1v) is 13.5. The maximum Gasteiger partial charge on any atom is 0.264 e. The van der Waals surface area contributed by atoms with Crippen LogP contribution in [0.15, 0.2) is 89.8 Å². The summed E-state index contributed by atoms with van der Waals surface area (Å²) in [6.45, 7) is 4.15. The van der Waals surface area contributed by atoms with Gasteiger partial charge in [-0.3, -0.25) is 9.10 Å². The molecular weight excluding hydrogens is 488 g/mol. The number of sulfonamides is 1. The molecule has 0 fully saturated rings. The molecule has 37 heavy (non-hydrogen) atoms. The van der Waals surface area contributed by atoms with Gasteiger partial charge in [-0.05, 0) is 66.6 Å². The molecule has 0 aliphatic carbocycles. The third-order valence-electron chi connectivity index (χ3n) is 6.28. The maximum absolute atomic E-state index is 13.6. The Labute approximate surface area is 216 Å². The van der Waals surface area contributed by atoms with Crippen LogP contribution in [-0.4, -0.2) is 40.1 Å². The summed E-state index contributed by atoms with van der Waals surface area (Å²) in [6.07, 6.45) is -1.00.